The van der Waals surface area contributed by atoms with Crippen molar-refractivity contribution in [2.75, 3.05) is 47.7 Å². The number of nitrogens with one attached hydrogen (secondary N) is 1. The second-order valence-electron chi connectivity index (χ2n) is 14.1. The number of piperazine rings is 1. The maximum atomic E-state index is 13.9. The molecule has 0 spiro atoms. The van der Waals surface area contributed by atoms with E-state index in [2.05, 4.69) is 22.1 Å². The molecule has 0 atom stereocenters. The average Bonchev–Trinajstić information content (AvgIpc) is 3.44. The Bertz CT molecular complexity index is 1720. The third-order valence-corrected chi connectivity index (χ3v) is 9.39. The number of pyridine rings is 1. The van der Waals surface area contributed by atoms with Crippen LogP contribution >= 0.6 is 0 Å². The molecule has 2 aliphatic rings. The Labute approximate surface area is 278 Å². The second-order valence-corrected chi connectivity index (χ2v) is 15.7. The van der Waals surface area contributed by atoms with Crippen molar-refractivity contribution >= 4 is 39.4 Å². The van der Waals surface area contributed by atoms with Crippen LogP contribution in [0.3, 0.4) is 0 Å². The number of benzene rings is 1. The molecule has 1 saturated heterocycles. The molecule has 47 heavy (non-hydrogen) atoms. The van der Waals surface area contributed by atoms with Crippen molar-refractivity contribution in [1.82, 2.24) is 19.7 Å². The molecule has 1 N–H and O–H groups in total. The normalized spacial score (nSPS) is 17.0. The molecule has 3 amide bonds. The molecular formula is C34H47N7O5S. The minimum absolute atomic E-state index is 0.112. The predicted octanol–water partition coefficient (Wildman–Crippen LogP) is 5.73. The van der Waals surface area contributed by atoms with E-state index in [9.17, 15) is 18.0 Å². The van der Waals surface area contributed by atoms with Crippen LogP contribution in [0.25, 0.3) is 5.69 Å². The molecule has 1 aromatic carbocycles. The first-order valence-corrected chi connectivity index (χ1v) is 18.0. The Hall–Kier alpha value is -3.97. The summed E-state index contributed by atoms with van der Waals surface area (Å²) in [5.41, 5.74) is 3.01. The smallest absolute Gasteiger partial charge is 0.352 e. The first-order valence-electron chi connectivity index (χ1n) is 16.2. The highest BCUT2D eigenvalue weighted by molar-refractivity contribution is 7.86. The molecule has 2 aromatic heterocycles. The molecule has 5 rings (SSSR count). The number of carbonyl (C=O) groups excluding carboxylic acids is 2. The van der Waals surface area contributed by atoms with Gasteiger partial charge in [0.2, 0.25) is 5.91 Å². The van der Waals surface area contributed by atoms with Gasteiger partial charge < -0.3 is 9.80 Å². The van der Waals surface area contributed by atoms with E-state index in [1.807, 2.05) is 69.9 Å². The van der Waals surface area contributed by atoms with Gasteiger partial charge in [0.25, 0.3) is 10.1 Å². The summed E-state index contributed by atoms with van der Waals surface area (Å²) in [5.74, 6) is 1.20. The number of carbonyl (C=O) groups is 2. The number of hydrogen-bond donors (Lipinski definition) is 1. The van der Waals surface area contributed by atoms with Crippen molar-refractivity contribution < 1.29 is 22.3 Å². The van der Waals surface area contributed by atoms with Crippen LogP contribution in [0, 0.1) is 19.3 Å². The number of hydrogen-bond acceptors (Lipinski definition) is 8. The summed E-state index contributed by atoms with van der Waals surface area (Å²) < 4.78 is 31.7. The summed E-state index contributed by atoms with van der Waals surface area (Å²) in [6.07, 6.45) is 7.71. The fourth-order valence-electron chi connectivity index (χ4n) is 6.32. The number of nitrogens with zero attached hydrogens (tertiary/aromatic N) is 6. The van der Waals surface area contributed by atoms with E-state index in [4.69, 9.17) is 9.38 Å². The van der Waals surface area contributed by atoms with E-state index in [1.54, 1.807) is 10.7 Å². The molecule has 0 radical (unpaired) electrons. The number of anilines is 3. The van der Waals surface area contributed by atoms with Crippen LogP contribution in [-0.4, -0.2) is 72.5 Å². The molecular weight excluding hydrogens is 618 g/mol. The van der Waals surface area contributed by atoms with E-state index in [0.29, 0.717) is 42.9 Å². The van der Waals surface area contributed by atoms with Crippen molar-refractivity contribution in [3.8, 4) is 5.69 Å². The Balaban J connectivity index is 1.42. The topological polar surface area (TPSA) is 130 Å². The largest absolute Gasteiger partial charge is 0.353 e. The highest BCUT2D eigenvalue weighted by atomic mass is 32.2. The highest BCUT2D eigenvalue weighted by Gasteiger charge is 2.34. The molecule has 0 unspecified atom stereocenters. The predicted molar refractivity (Wildman–Crippen MR) is 183 cm³/mol. The summed E-state index contributed by atoms with van der Waals surface area (Å²) in [6.45, 7) is 14.1. The van der Waals surface area contributed by atoms with Gasteiger partial charge in [-0.1, -0.05) is 64.7 Å². The summed E-state index contributed by atoms with van der Waals surface area (Å²) >= 11 is 0. The maximum absolute atomic E-state index is 13.9. The number of aromatic nitrogens is 3. The number of amides is 3. The average molecular weight is 666 g/mol. The van der Waals surface area contributed by atoms with Gasteiger partial charge in [0.1, 0.15) is 11.6 Å². The van der Waals surface area contributed by atoms with Gasteiger partial charge in [-0.05, 0) is 50.5 Å². The van der Waals surface area contributed by atoms with Crippen LogP contribution < -0.4 is 15.3 Å². The van der Waals surface area contributed by atoms with Crippen molar-refractivity contribution in [3.63, 3.8) is 0 Å². The lowest BCUT2D eigenvalue weighted by Gasteiger charge is -2.38. The van der Waals surface area contributed by atoms with Gasteiger partial charge in [-0.3, -0.25) is 10.1 Å². The monoisotopic (exact) mass is 665 g/mol. The van der Waals surface area contributed by atoms with Crippen LogP contribution in [0.15, 0.2) is 42.6 Å². The second kappa shape index (κ2) is 13.3. The Morgan fingerprint density at radius 1 is 0.979 bits per heavy atom. The molecule has 254 valence electrons. The first-order chi connectivity index (χ1) is 22.0. The van der Waals surface area contributed by atoms with Gasteiger partial charge >= 0.3 is 6.03 Å². The molecule has 2 fully saturated rings. The van der Waals surface area contributed by atoms with Crippen molar-refractivity contribution in [3.05, 3.63) is 59.4 Å². The molecule has 3 heterocycles. The third kappa shape index (κ3) is 7.95. The van der Waals surface area contributed by atoms with Gasteiger partial charge in [0.15, 0.2) is 0 Å². The van der Waals surface area contributed by atoms with Gasteiger partial charge in [0, 0.05) is 43.1 Å². The Morgan fingerprint density at radius 3 is 2.19 bits per heavy atom. The quantitative estimate of drug-likeness (QED) is 0.317. The summed E-state index contributed by atoms with van der Waals surface area (Å²) in [6, 6.07) is 10.5. The standard InChI is InChI=1S/C34H47N7O5S/c1-24-11-13-26(14-12-24)40-29(22-28(37-40)34(6)15-9-8-10-16-34)36-32(43)41(46-47(7,44)45)27-21-25(2)30(35-23-27)38-17-19-39(20-18-38)31(42)33(3,4)5/h11-14,21-23H,8-10,15-20H2,1-7H3,(H,36,43). The zero-order chi connectivity index (χ0) is 34.1. The van der Waals surface area contributed by atoms with E-state index in [-0.39, 0.29) is 17.0 Å². The fraction of sp³-hybridized carbons (Fsp3) is 0.529. The first kappa shape index (κ1) is 34.4. The van der Waals surface area contributed by atoms with Crippen LogP contribution in [-0.2, 0) is 24.6 Å². The van der Waals surface area contributed by atoms with Gasteiger partial charge in [-0.2, -0.15) is 18.6 Å². The highest BCUT2D eigenvalue weighted by Crippen LogP contribution is 2.40. The Morgan fingerprint density at radius 2 is 1.62 bits per heavy atom. The fourth-order valence-corrected chi connectivity index (χ4v) is 6.74. The number of urea groups is 1. The van der Waals surface area contributed by atoms with Gasteiger partial charge in [-0.15, -0.1) is 4.28 Å². The minimum Gasteiger partial charge on any atom is -0.353 e. The summed E-state index contributed by atoms with van der Waals surface area (Å²) in [4.78, 5) is 35.2. The third-order valence-electron chi connectivity index (χ3n) is 8.97. The van der Waals surface area contributed by atoms with Gasteiger partial charge in [0.05, 0.1) is 29.5 Å². The van der Waals surface area contributed by atoms with Crippen molar-refractivity contribution in [2.45, 2.75) is 79.1 Å². The van der Waals surface area contributed by atoms with Gasteiger partial charge in [-0.25, -0.2) is 14.5 Å². The van der Waals surface area contributed by atoms with E-state index >= 15 is 0 Å². The van der Waals surface area contributed by atoms with E-state index in [1.165, 1.54) is 12.6 Å². The zero-order valence-electron chi connectivity index (χ0n) is 28.5. The molecule has 0 bridgehead atoms. The van der Waals surface area contributed by atoms with Crippen molar-refractivity contribution in [1.29, 1.82) is 0 Å². The number of hydroxylamine groups is 1. The van der Waals surface area contributed by atoms with Crippen molar-refractivity contribution in [2.24, 2.45) is 5.41 Å². The molecule has 12 nitrogen and oxygen atoms in total. The van der Waals surface area contributed by atoms with Crippen LogP contribution in [0.4, 0.5) is 22.1 Å². The lowest BCUT2D eigenvalue weighted by atomic mass is 9.73. The Kier molecular flexibility index (Phi) is 9.70. The summed E-state index contributed by atoms with van der Waals surface area (Å²) in [7, 11) is -4.10. The van der Waals surface area contributed by atoms with Crippen LogP contribution in [0.2, 0.25) is 0 Å². The number of aryl methyl sites for hydroxylation is 2. The van der Waals surface area contributed by atoms with Crippen LogP contribution in [0.5, 0.6) is 0 Å². The molecule has 3 aromatic rings. The number of rotatable bonds is 7. The van der Waals surface area contributed by atoms with Crippen LogP contribution in [0.1, 0.15) is 76.6 Å². The summed E-state index contributed by atoms with van der Waals surface area (Å²) in [5, 5.41) is 8.54. The minimum atomic E-state index is -4.10. The SMILES string of the molecule is Cc1ccc(-n2nc(C3(C)CCCCC3)cc2NC(=O)N(OS(C)(=O)=O)c2cnc(N3CCN(C(=O)C(C)(C)C)CC3)c(C)c2)cc1. The van der Waals surface area contributed by atoms with E-state index < -0.39 is 21.6 Å². The maximum Gasteiger partial charge on any atom is 0.352 e. The molecule has 1 aliphatic carbocycles. The molecule has 1 saturated carbocycles. The zero-order valence-corrected chi connectivity index (χ0v) is 29.4. The molecule has 13 heteroatoms. The van der Waals surface area contributed by atoms with E-state index in [0.717, 1.165) is 54.4 Å². The lowest BCUT2D eigenvalue weighted by molar-refractivity contribution is -0.139. The molecule has 1 aliphatic heterocycles. The lowest BCUT2D eigenvalue weighted by Crippen LogP contribution is -2.52.